The largest absolute Gasteiger partial charge is 0.507 e. The number of aromatic hydroxyl groups is 1. The van der Waals surface area contributed by atoms with Gasteiger partial charge in [0.05, 0.1) is 4.91 Å². The molecule has 0 radical (unpaired) electrons. The molecular weight excluding hydrogens is 392 g/mol. The van der Waals surface area contributed by atoms with Crippen molar-refractivity contribution < 1.29 is 14.7 Å². The Morgan fingerprint density at radius 1 is 1.21 bits per heavy atom. The molecule has 144 valence electrons. The fraction of sp³-hybridized carbons (Fsp3) is 0.190. The number of amides is 2. The minimum atomic E-state index is -0.197. The molecule has 1 heterocycles. The van der Waals surface area contributed by atoms with E-state index < -0.39 is 0 Å². The fourth-order valence-corrected chi connectivity index (χ4v) is 4.07. The van der Waals surface area contributed by atoms with E-state index >= 15 is 0 Å². The summed E-state index contributed by atoms with van der Waals surface area (Å²) in [5.41, 5.74) is 2.37. The first-order chi connectivity index (χ1) is 13.5. The minimum Gasteiger partial charge on any atom is -0.507 e. The van der Waals surface area contributed by atoms with Crippen LogP contribution in [0.15, 0.2) is 53.4 Å². The van der Waals surface area contributed by atoms with E-state index in [0.29, 0.717) is 34.2 Å². The van der Waals surface area contributed by atoms with Crippen molar-refractivity contribution in [3.8, 4) is 5.75 Å². The van der Waals surface area contributed by atoms with Crippen LogP contribution in [0.2, 0.25) is 0 Å². The third kappa shape index (κ3) is 4.79. The van der Waals surface area contributed by atoms with Crippen molar-refractivity contribution in [2.45, 2.75) is 19.8 Å². The van der Waals surface area contributed by atoms with E-state index in [2.05, 4.69) is 5.32 Å². The number of thiocarbonyl (C=S) groups is 1. The van der Waals surface area contributed by atoms with E-state index in [-0.39, 0.29) is 17.6 Å². The standard InChI is InChI=1S/C21H20N2O3S2/c1-14-7-2-4-9-16(14)22-19(25)11-6-12-23-20(26)18(28-21(23)27)13-15-8-3-5-10-17(15)24/h2-5,7-10,13,24H,6,11-12H2,1H3,(H,22,25)/b18-13-. The molecule has 0 unspecified atom stereocenters. The van der Waals surface area contributed by atoms with E-state index in [1.165, 1.54) is 16.7 Å². The van der Waals surface area contributed by atoms with Gasteiger partial charge in [-0.15, -0.1) is 0 Å². The number of aryl methyl sites for hydroxylation is 1. The van der Waals surface area contributed by atoms with E-state index in [1.54, 1.807) is 30.3 Å². The molecule has 2 aromatic rings. The number of nitrogens with one attached hydrogen (secondary N) is 1. The number of anilines is 1. The molecule has 2 N–H and O–H groups in total. The molecule has 1 saturated heterocycles. The van der Waals surface area contributed by atoms with Crippen molar-refractivity contribution >= 4 is 51.9 Å². The minimum absolute atomic E-state index is 0.0931. The number of carbonyl (C=O) groups excluding carboxylic acids is 2. The van der Waals surface area contributed by atoms with Gasteiger partial charge in [-0.1, -0.05) is 60.4 Å². The number of para-hydroxylation sites is 2. The lowest BCUT2D eigenvalue weighted by atomic mass is 10.2. The molecule has 0 saturated carbocycles. The molecule has 0 aliphatic carbocycles. The number of benzene rings is 2. The molecule has 1 aliphatic heterocycles. The van der Waals surface area contributed by atoms with Crippen molar-refractivity contribution in [3.63, 3.8) is 0 Å². The first kappa shape index (κ1) is 20.1. The molecule has 28 heavy (non-hydrogen) atoms. The Bertz CT molecular complexity index is 956. The quantitative estimate of drug-likeness (QED) is 0.546. The SMILES string of the molecule is Cc1ccccc1NC(=O)CCCN1C(=O)/C(=C/c2ccccc2O)SC1=S. The Balaban J connectivity index is 1.56. The third-order valence-electron chi connectivity index (χ3n) is 4.30. The summed E-state index contributed by atoms with van der Waals surface area (Å²) in [7, 11) is 0. The Morgan fingerprint density at radius 3 is 2.68 bits per heavy atom. The summed E-state index contributed by atoms with van der Waals surface area (Å²) in [4.78, 5) is 26.7. The van der Waals surface area contributed by atoms with Gasteiger partial charge in [0.15, 0.2) is 0 Å². The number of thioether (sulfide) groups is 1. The lowest BCUT2D eigenvalue weighted by Crippen LogP contribution is -2.29. The average Bonchev–Trinajstić information content (AvgIpc) is 2.93. The van der Waals surface area contributed by atoms with Gasteiger partial charge in [0.2, 0.25) is 5.91 Å². The number of rotatable bonds is 6. The normalized spacial score (nSPS) is 15.3. The van der Waals surface area contributed by atoms with E-state index in [0.717, 1.165) is 11.3 Å². The molecular formula is C21H20N2O3S2. The Morgan fingerprint density at radius 2 is 1.93 bits per heavy atom. The summed E-state index contributed by atoms with van der Waals surface area (Å²) < 4.78 is 0.464. The van der Waals surface area contributed by atoms with Gasteiger partial charge in [-0.2, -0.15) is 0 Å². The second-order valence-corrected chi connectivity index (χ2v) is 8.03. The number of carbonyl (C=O) groups is 2. The molecule has 3 rings (SSSR count). The lowest BCUT2D eigenvalue weighted by Gasteiger charge is -2.14. The van der Waals surface area contributed by atoms with Crippen LogP contribution in [-0.2, 0) is 9.59 Å². The van der Waals surface area contributed by atoms with Crippen LogP contribution < -0.4 is 5.32 Å². The molecule has 2 aromatic carbocycles. The molecule has 7 heteroatoms. The number of hydrogen-bond donors (Lipinski definition) is 2. The van der Waals surface area contributed by atoms with E-state index in [9.17, 15) is 14.7 Å². The van der Waals surface area contributed by atoms with Gasteiger partial charge < -0.3 is 10.4 Å². The molecule has 0 bridgehead atoms. The first-order valence-corrected chi connectivity index (χ1v) is 10.1. The number of nitrogens with zero attached hydrogens (tertiary/aromatic N) is 1. The highest BCUT2D eigenvalue weighted by Gasteiger charge is 2.31. The smallest absolute Gasteiger partial charge is 0.266 e. The molecule has 1 fully saturated rings. The summed E-state index contributed by atoms with van der Waals surface area (Å²) in [5, 5.41) is 12.8. The van der Waals surface area contributed by atoms with Crippen LogP contribution in [-0.4, -0.2) is 32.7 Å². The van der Waals surface area contributed by atoms with Gasteiger partial charge in [0.1, 0.15) is 10.1 Å². The monoisotopic (exact) mass is 412 g/mol. The second kappa shape index (κ2) is 9.03. The van der Waals surface area contributed by atoms with Crippen LogP contribution in [0.1, 0.15) is 24.0 Å². The van der Waals surface area contributed by atoms with Crippen molar-refractivity contribution in [2.24, 2.45) is 0 Å². The molecule has 5 nitrogen and oxygen atoms in total. The molecule has 0 spiro atoms. The van der Waals surface area contributed by atoms with E-state index in [1.807, 2.05) is 31.2 Å². The van der Waals surface area contributed by atoms with Crippen LogP contribution in [0.5, 0.6) is 5.75 Å². The van der Waals surface area contributed by atoms with Gasteiger partial charge in [-0.3, -0.25) is 14.5 Å². The summed E-state index contributed by atoms with van der Waals surface area (Å²) in [6, 6.07) is 14.4. The number of phenols is 1. The van der Waals surface area contributed by atoms with Crippen molar-refractivity contribution in [2.75, 3.05) is 11.9 Å². The maximum Gasteiger partial charge on any atom is 0.266 e. The van der Waals surface area contributed by atoms with Crippen molar-refractivity contribution in [1.82, 2.24) is 4.90 Å². The predicted molar refractivity (Wildman–Crippen MR) is 117 cm³/mol. The summed E-state index contributed by atoms with van der Waals surface area (Å²) in [6.45, 7) is 2.32. The highest BCUT2D eigenvalue weighted by molar-refractivity contribution is 8.26. The zero-order valence-corrected chi connectivity index (χ0v) is 17.0. The Kier molecular flexibility index (Phi) is 6.49. The Hall–Kier alpha value is -2.64. The maximum absolute atomic E-state index is 12.6. The molecule has 0 aromatic heterocycles. The van der Waals surface area contributed by atoms with Crippen LogP contribution in [0.25, 0.3) is 6.08 Å². The van der Waals surface area contributed by atoms with E-state index in [4.69, 9.17) is 12.2 Å². The fourth-order valence-electron chi connectivity index (χ4n) is 2.77. The zero-order valence-electron chi connectivity index (χ0n) is 15.3. The average molecular weight is 413 g/mol. The van der Waals surface area contributed by atoms with Crippen molar-refractivity contribution in [3.05, 3.63) is 64.6 Å². The predicted octanol–water partition coefficient (Wildman–Crippen LogP) is 4.32. The highest BCUT2D eigenvalue weighted by Crippen LogP contribution is 2.34. The summed E-state index contributed by atoms with van der Waals surface area (Å²) >= 11 is 6.51. The van der Waals surface area contributed by atoms with Crippen molar-refractivity contribution in [1.29, 1.82) is 0 Å². The van der Waals surface area contributed by atoms with Gasteiger partial charge in [-0.05, 0) is 37.1 Å². The van der Waals surface area contributed by atoms with Gasteiger partial charge >= 0.3 is 0 Å². The topological polar surface area (TPSA) is 69.6 Å². The maximum atomic E-state index is 12.6. The highest BCUT2D eigenvalue weighted by atomic mass is 32.2. The van der Waals surface area contributed by atoms with Gasteiger partial charge in [-0.25, -0.2) is 0 Å². The second-order valence-electron chi connectivity index (χ2n) is 6.36. The summed E-state index contributed by atoms with van der Waals surface area (Å²) in [6.07, 6.45) is 2.44. The number of phenolic OH excluding ortho intramolecular Hbond substituents is 1. The van der Waals surface area contributed by atoms with Crippen LogP contribution >= 0.6 is 24.0 Å². The molecule has 0 atom stereocenters. The molecule has 1 aliphatic rings. The molecule has 2 amide bonds. The number of hydrogen-bond acceptors (Lipinski definition) is 5. The van der Waals surface area contributed by atoms with Gasteiger partial charge in [0.25, 0.3) is 5.91 Å². The Labute approximate surface area is 173 Å². The zero-order chi connectivity index (χ0) is 20.1. The summed E-state index contributed by atoms with van der Waals surface area (Å²) in [5.74, 6) is -0.178. The first-order valence-electron chi connectivity index (χ1n) is 8.84. The van der Waals surface area contributed by atoms with Gasteiger partial charge in [0, 0.05) is 24.2 Å². The van der Waals surface area contributed by atoms with Crippen LogP contribution in [0.3, 0.4) is 0 Å². The van der Waals surface area contributed by atoms with Crippen LogP contribution in [0, 0.1) is 6.92 Å². The van der Waals surface area contributed by atoms with Crippen LogP contribution in [0.4, 0.5) is 5.69 Å². The third-order valence-corrected chi connectivity index (χ3v) is 5.68. The lowest BCUT2D eigenvalue weighted by molar-refractivity contribution is -0.122.